The van der Waals surface area contributed by atoms with Crippen LogP contribution in [0, 0.1) is 0 Å². The van der Waals surface area contributed by atoms with Crippen molar-refractivity contribution in [1.29, 1.82) is 0 Å². The lowest BCUT2D eigenvalue weighted by molar-refractivity contribution is 0.680. The van der Waals surface area contributed by atoms with Gasteiger partial charge >= 0.3 is 0 Å². The zero-order chi connectivity index (χ0) is 8.39. The van der Waals surface area contributed by atoms with Gasteiger partial charge < -0.3 is 0 Å². The minimum absolute atomic E-state index is 0.483. The molecule has 1 fully saturated rings. The third-order valence-electron chi connectivity index (χ3n) is 2.43. The summed E-state index contributed by atoms with van der Waals surface area (Å²) < 4.78 is 0. The molecule has 0 atom stereocenters. The summed E-state index contributed by atoms with van der Waals surface area (Å²) in [5.41, 5.74) is 1.11. The van der Waals surface area contributed by atoms with Gasteiger partial charge in [0.1, 0.15) is 0 Å². The van der Waals surface area contributed by atoms with Crippen molar-refractivity contribution in [3.8, 4) is 0 Å². The summed E-state index contributed by atoms with van der Waals surface area (Å²) in [6.45, 7) is 0. The second-order valence-corrected chi connectivity index (χ2v) is 3.65. The van der Waals surface area contributed by atoms with E-state index in [1.807, 2.05) is 12.1 Å². The molecule has 0 saturated heterocycles. The second kappa shape index (κ2) is 3.40. The molecule has 0 aliphatic heterocycles. The zero-order valence-corrected chi connectivity index (χ0v) is 7.59. The first-order valence-electron chi connectivity index (χ1n) is 4.35. The smallest absolute Gasteiger partial charge is 0.151 e. The van der Waals surface area contributed by atoms with Crippen molar-refractivity contribution >= 4 is 11.6 Å². The van der Waals surface area contributed by atoms with Crippen molar-refractivity contribution in [3.63, 3.8) is 0 Å². The Balaban J connectivity index is 2.17. The van der Waals surface area contributed by atoms with Crippen LogP contribution in [0.5, 0.6) is 0 Å². The normalized spacial score (nSPS) is 18.4. The minimum atomic E-state index is 0.483. The molecule has 12 heavy (non-hydrogen) atoms. The van der Waals surface area contributed by atoms with Gasteiger partial charge in [-0.1, -0.05) is 24.4 Å². The topological polar surface area (TPSA) is 25.8 Å². The first-order chi connectivity index (χ1) is 5.86. The van der Waals surface area contributed by atoms with Crippen LogP contribution in [0.4, 0.5) is 0 Å². The van der Waals surface area contributed by atoms with Gasteiger partial charge in [-0.2, -0.15) is 5.10 Å². The van der Waals surface area contributed by atoms with Gasteiger partial charge in [0.05, 0.1) is 5.69 Å². The van der Waals surface area contributed by atoms with Crippen LogP contribution in [0.1, 0.15) is 37.3 Å². The molecule has 1 aromatic heterocycles. The van der Waals surface area contributed by atoms with E-state index in [1.165, 1.54) is 25.7 Å². The Kier molecular flexibility index (Phi) is 2.26. The first kappa shape index (κ1) is 7.99. The van der Waals surface area contributed by atoms with Crippen LogP contribution in [0.2, 0.25) is 5.15 Å². The molecule has 1 heterocycles. The molecule has 0 spiro atoms. The van der Waals surface area contributed by atoms with E-state index < -0.39 is 0 Å². The van der Waals surface area contributed by atoms with Gasteiger partial charge in [0.2, 0.25) is 0 Å². The van der Waals surface area contributed by atoms with Gasteiger partial charge in [-0.05, 0) is 25.0 Å². The molecule has 2 nitrogen and oxygen atoms in total. The SMILES string of the molecule is Clc1ccc(C2CCCC2)nn1. The minimum Gasteiger partial charge on any atom is -0.154 e. The fourth-order valence-corrected chi connectivity index (χ4v) is 1.87. The maximum Gasteiger partial charge on any atom is 0.151 e. The Morgan fingerprint density at radius 3 is 2.50 bits per heavy atom. The number of halogens is 1. The molecular weight excluding hydrogens is 172 g/mol. The second-order valence-electron chi connectivity index (χ2n) is 3.26. The zero-order valence-electron chi connectivity index (χ0n) is 6.83. The molecule has 0 amide bonds. The Hall–Kier alpha value is -0.630. The van der Waals surface area contributed by atoms with Gasteiger partial charge in [0.15, 0.2) is 5.15 Å². The van der Waals surface area contributed by atoms with E-state index in [1.54, 1.807) is 0 Å². The molecule has 64 valence electrons. The summed E-state index contributed by atoms with van der Waals surface area (Å²) in [6.07, 6.45) is 5.18. The predicted octanol–water partition coefficient (Wildman–Crippen LogP) is 2.79. The maximum atomic E-state index is 5.64. The fraction of sp³-hybridized carbons (Fsp3) is 0.556. The maximum absolute atomic E-state index is 5.64. The summed E-state index contributed by atoms with van der Waals surface area (Å²) in [6, 6.07) is 3.81. The van der Waals surface area contributed by atoms with Crippen molar-refractivity contribution in [2.45, 2.75) is 31.6 Å². The quantitative estimate of drug-likeness (QED) is 0.668. The molecule has 3 heteroatoms. The lowest BCUT2D eigenvalue weighted by atomic mass is 10.0. The average molecular weight is 183 g/mol. The average Bonchev–Trinajstić information content (AvgIpc) is 2.58. The van der Waals surface area contributed by atoms with E-state index >= 15 is 0 Å². The summed E-state index contributed by atoms with van der Waals surface area (Å²) in [4.78, 5) is 0. The van der Waals surface area contributed by atoms with Crippen LogP contribution in [0.25, 0.3) is 0 Å². The van der Waals surface area contributed by atoms with Crippen molar-refractivity contribution in [2.24, 2.45) is 0 Å². The van der Waals surface area contributed by atoms with E-state index in [0.29, 0.717) is 11.1 Å². The number of nitrogens with zero attached hydrogens (tertiary/aromatic N) is 2. The highest BCUT2D eigenvalue weighted by Gasteiger charge is 2.18. The van der Waals surface area contributed by atoms with Gasteiger partial charge in [0.25, 0.3) is 0 Å². The van der Waals surface area contributed by atoms with Gasteiger partial charge in [-0.25, -0.2) is 0 Å². The third kappa shape index (κ3) is 1.58. The van der Waals surface area contributed by atoms with Crippen LogP contribution in [0.3, 0.4) is 0 Å². The fourth-order valence-electron chi connectivity index (χ4n) is 1.77. The highest BCUT2D eigenvalue weighted by atomic mass is 35.5. The van der Waals surface area contributed by atoms with Gasteiger partial charge in [0, 0.05) is 5.92 Å². The van der Waals surface area contributed by atoms with Crippen molar-refractivity contribution in [3.05, 3.63) is 23.0 Å². The third-order valence-corrected chi connectivity index (χ3v) is 2.63. The van der Waals surface area contributed by atoms with Crippen molar-refractivity contribution < 1.29 is 0 Å². The predicted molar refractivity (Wildman–Crippen MR) is 48.3 cm³/mol. The largest absolute Gasteiger partial charge is 0.154 e. The van der Waals surface area contributed by atoms with Crippen LogP contribution in [-0.2, 0) is 0 Å². The summed E-state index contributed by atoms with van der Waals surface area (Å²) in [7, 11) is 0. The summed E-state index contributed by atoms with van der Waals surface area (Å²) in [5, 5.41) is 8.40. The highest BCUT2D eigenvalue weighted by Crippen LogP contribution is 2.32. The first-order valence-corrected chi connectivity index (χ1v) is 4.73. The van der Waals surface area contributed by atoms with Crippen molar-refractivity contribution in [1.82, 2.24) is 10.2 Å². The lowest BCUT2D eigenvalue weighted by Gasteiger charge is -2.05. The molecular formula is C9H11ClN2. The Labute approximate surface area is 77.0 Å². The molecule has 1 aliphatic carbocycles. The van der Waals surface area contributed by atoms with Crippen LogP contribution in [0.15, 0.2) is 12.1 Å². The Morgan fingerprint density at radius 2 is 1.92 bits per heavy atom. The number of aromatic nitrogens is 2. The van der Waals surface area contributed by atoms with E-state index in [4.69, 9.17) is 11.6 Å². The van der Waals surface area contributed by atoms with Crippen LogP contribution < -0.4 is 0 Å². The van der Waals surface area contributed by atoms with E-state index in [0.717, 1.165) is 5.69 Å². The summed E-state index contributed by atoms with van der Waals surface area (Å²) >= 11 is 5.64. The van der Waals surface area contributed by atoms with Crippen LogP contribution in [-0.4, -0.2) is 10.2 Å². The molecule has 0 bridgehead atoms. The Morgan fingerprint density at radius 1 is 1.17 bits per heavy atom. The standard InChI is InChI=1S/C9H11ClN2/c10-9-6-5-8(11-12-9)7-3-1-2-4-7/h5-7H,1-4H2. The van der Waals surface area contributed by atoms with E-state index in [-0.39, 0.29) is 0 Å². The van der Waals surface area contributed by atoms with Gasteiger partial charge in [-0.3, -0.25) is 0 Å². The molecule has 0 N–H and O–H groups in total. The highest BCUT2D eigenvalue weighted by molar-refractivity contribution is 6.29. The molecule has 2 rings (SSSR count). The van der Waals surface area contributed by atoms with Crippen molar-refractivity contribution in [2.75, 3.05) is 0 Å². The van der Waals surface area contributed by atoms with E-state index in [9.17, 15) is 0 Å². The molecule has 1 aromatic rings. The molecule has 0 radical (unpaired) electrons. The molecule has 1 saturated carbocycles. The molecule has 0 unspecified atom stereocenters. The molecule has 1 aliphatic rings. The Bertz CT molecular complexity index is 252. The van der Waals surface area contributed by atoms with Crippen LogP contribution >= 0.6 is 11.6 Å². The molecule has 0 aromatic carbocycles. The number of hydrogen-bond acceptors (Lipinski definition) is 2. The number of hydrogen-bond donors (Lipinski definition) is 0. The van der Waals surface area contributed by atoms with E-state index in [2.05, 4.69) is 10.2 Å². The van der Waals surface area contributed by atoms with Gasteiger partial charge in [-0.15, -0.1) is 5.10 Å². The lowest BCUT2D eigenvalue weighted by Crippen LogP contribution is -1.97. The monoisotopic (exact) mass is 182 g/mol. The number of rotatable bonds is 1. The summed E-state index contributed by atoms with van der Waals surface area (Å²) in [5.74, 6) is 0.634.